The van der Waals surface area contributed by atoms with Crippen LogP contribution >= 0.6 is 46.4 Å². The number of benzene rings is 2. The van der Waals surface area contributed by atoms with E-state index >= 15 is 0 Å². The second-order valence-corrected chi connectivity index (χ2v) is 8.11. The molecule has 1 N–H and O–H groups in total. The summed E-state index contributed by atoms with van der Waals surface area (Å²) in [6, 6.07) is 11.4. The summed E-state index contributed by atoms with van der Waals surface area (Å²) < 4.78 is 41.8. The van der Waals surface area contributed by atoms with Gasteiger partial charge in [0.2, 0.25) is 0 Å². The number of alkyl halides is 3. The van der Waals surface area contributed by atoms with Crippen LogP contribution in [0.5, 0.6) is 0 Å². The second kappa shape index (κ2) is 8.44. The third kappa shape index (κ3) is 4.23. The van der Waals surface area contributed by atoms with E-state index in [-0.39, 0.29) is 32.1 Å². The molecule has 12 heteroatoms. The monoisotopic (exact) mass is 518 g/mol. The Balaban J connectivity index is 1.86. The van der Waals surface area contributed by atoms with Gasteiger partial charge in [0.05, 0.1) is 21.4 Å². The average Bonchev–Trinajstić information content (AvgIpc) is 3.06. The van der Waals surface area contributed by atoms with Crippen molar-refractivity contribution in [1.82, 2.24) is 14.6 Å². The van der Waals surface area contributed by atoms with Gasteiger partial charge in [-0.05, 0) is 30.3 Å². The molecule has 2 aromatic carbocycles. The van der Waals surface area contributed by atoms with Crippen LogP contribution in [0.3, 0.4) is 0 Å². The van der Waals surface area contributed by atoms with Crippen molar-refractivity contribution >= 4 is 63.6 Å². The Hall–Kier alpha value is -2.52. The molecular formula is C20H9Cl4F3N4O. The Labute approximate surface area is 198 Å². The van der Waals surface area contributed by atoms with E-state index in [2.05, 4.69) is 15.4 Å². The largest absolute Gasteiger partial charge is 0.433 e. The van der Waals surface area contributed by atoms with Gasteiger partial charge in [-0.2, -0.15) is 18.3 Å². The van der Waals surface area contributed by atoms with Crippen LogP contribution in [0.1, 0.15) is 16.2 Å². The summed E-state index contributed by atoms with van der Waals surface area (Å²) in [5.41, 5.74) is -1.57. The molecule has 32 heavy (non-hydrogen) atoms. The number of anilines is 1. The molecule has 0 fully saturated rings. The van der Waals surface area contributed by atoms with Crippen LogP contribution in [0, 0.1) is 0 Å². The summed E-state index contributed by atoms with van der Waals surface area (Å²) in [5, 5.41) is 6.48. The molecule has 0 saturated heterocycles. The zero-order valence-electron chi connectivity index (χ0n) is 15.5. The van der Waals surface area contributed by atoms with Crippen molar-refractivity contribution < 1.29 is 18.0 Å². The molecule has 2 aromatic heterocycles. The van der Waals surface area contributed by atoms with Gasteiger partial charge in [0, 0.05) is 10.6 Å². The highest BCUT2D eigenvalue weighted by Crippen LogP contribution is 2.35. The SMILES string of the molecule is O=C(Nc1c(Cl)cccc1Cl)c1nn2c(C(F)(F)F)cc(-c3ccc(Cl)cc3)nc2c1Cl. The fraction of sp³-hybridized carbons (Fsp3) is 0.0500. The van der Waals surface area contributed by atoms with E-state index in [1.165, 1.54) is 36.4 Å². The molecule has 4 rings (SSSR count). The number of hydrogen-bond acceptors (Lipinski definition) is 3. The second-order valence-electron chi connectivity index (χ2n) is 6.48. The van der Waals surface area contributed by atoms with E-state index in [1.807, 2.05) is 0 Å². The molecular weight excluding hydrogens is 511 g/mol. The van der Waals surface area contributed by atoms with Crippen molar-refractivity contribution in [2.75, 3.05) is 5.32 Å². The highest BCUT2D eigenvalue weighted by atomic mass is 35.5. The summed E-state index contributed by atoms with van der Waals surface area (Å²) in [5.74, 6) is -0.906. The van der Waals surface area contributed by atoms with E-state index in [9.17, 15) is 18.0 Å². The van der Waals surface area contributed by atoms with Crippen molar-refractivity contribution in [3.05, 3.63) is 80.0 Å². The molecule has 2 heterocycles. The first-order chi connectivity index (χ1) is 15.1. The molecule has 0 spiro atoms. The third-order valence-electron chi connectivity index (χ3n) is 4.38. The van der Waals surface area contributed by atoms with Crippen LogP contribution < -0.4 is 5.32 Å². The van der Waals surface area contributed by atoms with Gasteiger partial charge in [-0.1, -0.05) is 64.6 Å². The third-order valence-corrected chi connectivity index (χ3v) is 5.61. The molecule has 0 bridgehead atoms. The summed E-state index contributed by atoms with van der Waals surface area (Å²) >= 11 is 24.2. The number of carbonyl (C=O) groups excluding carboxylic acids is 1. The summed E-state index contributed by atoms with van der Waals surface area (Å²) in [6.07, 6.45) is -4.81. The number of aromatic nitrogens is 3. The van der Waals surface area contributed by atoms with Crippen molar-refractivity contribution in [1.29, 1.82) is 0 Å². The van der Waals surface area contributed by atoms with Crippen LogP contribution in [-0.4, -0.2) is 20.5 Å². The number of amides is 1. The number of halogens is 7. The lowest BCUT2D eigenvalue weighted by atomic mass is 10.1. The standard InChI is InChI=1S/C20H9Cl4F3N4O/c21-10-6-4-9(5-7-10)13-8-14(20(25,26)27)31-18(28-13)15(24)17(30-31)19(32)29-16-11(22)2-1-3-12(16)23/h1-8H,(H,29,32). The molecule has 0 unspecified atom stereocenters. The van der Waals surface area contributed by atoms with Gasteiger partial charge in [0.15, 0.2) is 17.0 Å². The van der Waals surface area contributed by atoms with Crippen LogP contribution in [0.25, 0.3) is 16.9 Å². The molecule has 0 saturated carbocycles. The number of nitrogens with zero attached hydrogens (tertiary/aromatic N) is 3. The Morgan fingerprint density at radius 2 is 1.59 bits per heavy atom. The van der Waals surface area contributed by atoms with E-state index in [4.69, 9.17) is 46.4 Å². The minimum atomic E-state index is -4.81. The number of rotatable bonds is 3. The predicted octanol–water partition coefficient (Wildman–Crippen LogP) is 7.28. The molecule has 4 aromatic rings. The minimum Gasteiger partial charge on any atom is -0.318 e. The Kier molecular flexibility index (Phi) is 5.98. The zero-order valence-corrected chi connectivity index (χ0v) is 18.5. The maximum Gasteiger partial charge on any atom is 0.433 e. The lowest BCUT2D eigenvalue weighted by Crippen LogP contribution is -2.16. The number of hydrogen-bond donors (Lipinski definition) is 1. The Bertz CT molecular complexity index is 1330. The van der Waals surface area contributed by atoms with Crippen LogP contribution in [0.4, 0.5) is 18.9 Å². The molecule has 0 radical (unpaired) electrons. The topological polar surface area (TPSA) is 59.3 Å². The van der Waals surface area contributed by atoms with Crippen molar-refractivity contribution in [3.8, 4) is 11.3 Å². The van der Waals surface area contributed by atoms with Crippen LogP contribution in [-0.2, 0) is 6.18 Å². The van der Waals surface area contributed by atoms with E-state index in [0.717, 1.165) is 6.07 Å². The zero-order chi connectivity index (χ0) is 23.2. The van der Waals surface area contributed by atoms with E-state index in [0.29, 0.717) is 15.1 Å². The fourth-order valence-corrected chi connectivity index (χ4v) is 3.76. The number of fused-ring (bicyclic) bond motifs is 1. The first-order valence-corrected chi connectivity index (χ1v) is 10.2. The Morgan fingerprint density at radius 1 is 0.969 bits per heavy atom. The van der Waals surface area contributed by atoms with Gasteiger partial charge in [0.1, 0.15) is 5.02 Å². The maximum absolute atomic E-state index is 13.8. The van der Waals surface area contributed by atoms with Gasteiger partial charge in [0.25, 0.3) is 5.91 Å². The lowest BCUT2D eigenvalue weighted by molar-refractivity contribution is -0.142. The smallest absolute Gasteiger partial charge is 0.318 e. The minimum absolute atomic E-state index is 0.0237. The van der Waals surface area contributed by atoms with Crippen LogP contribution in [0.2, 0.25) is 20.1 Å². The highest BCUT2D eigenvalue weighted by Gasteiger charge is 2.36. The van der Waals surface area contributed by atoms with Gasteiger partial charge >= 0.3 is 6.18 Å². The first kappa shape index (κ1) is 22.7. The molecule has 1 amide bonds. The fourth-order valence-electron chi connectivity index (χ4n) is 2.90. The average molecular weight is 520 g/mol. The molecule has 0 aliphatic rings. The molecule has 0 atom stereocenters. The summed E-state index contributed by atoms with van der Waals surface area (Å²) in [4.78, 5) is 16.9. The molecule has 164 valence electrons. The molecule has 5 nitrogen and oxygen atoms in total. The number of nitrogens with one attached hydrogen (secondary N) is 1. The van der Waals surface area contributed by atoms with Gasteiger partial charge in [-0.25, -0.2) is 9.50 Å². The quantitative estimate of drug-likeness (QED) is 0.309. The van der Waals surface area contributed by atoms with Crippen LogP contribution in [0.15, 0.2) is 48.5 Å². The van der Waals surface area contributed by atoms with E-state index in [1.54, 1.807) is 6.07 Å². The van der Waals surface area contributed by atoms with Gasteiger partial charge < -0.3 is 5.32 Å². The first-order valence-electron chi connectivity index (χ1n) is 8.74. The van der Waals surface area contributed by atoms with E-state index < -0.39 is 23.5 Å². The number of para-hydroxylation sites is 1. The van der Waals surface area contributed by atoms with Crippen molar-refractivity contribution in [2.45, 2.75) is 6.18 Å². The predicted molar refractivity (Wildman–Crippen MR) is 118 cm³/mol. The van der Waals surface area contributed by atoms with Crippen molar-refractivity contribution in [2.24, 2.45) is 0 Å². The summed E-state index contributed by atoms with van der Waals surface area (Å²) in [6.45, 7) is 0. The molecule has 0 aliphatic heterocycles. The molecule has 0 aliphatic carbocycles. The Morgan fingerprint density at radius 3 is 2.19 bits per heavy atom. The van der Waals surface area contributed by atoms with Crippen molar-refractivity contribution in [3.63, 3.8) is 0 Å². The number of carbonyl (C=O) groups is 1. The maximum atomic E-state index is 13.8. The highest BCUT2D eigenvalue weighted by molar-refractivity contribution is 6.41. The van der Waals surface area contributed by atoms with Gasteiger partial charge in [-0.3, -0.25) is 4.79 Å². The lowest BCUT2D eigenvalue weighted by Gasteiger charge is -2.11. The summed E-state index contributed by atoms with van der Waals surface area (Å²) in [7, 11) is 0. The normalized spacial score (nSPS) is 11.7. The van der Waals surface area contributed by atoms with Gasteiger partial charge in [-0.15, -0.1) is 0 Å².